The molecule has 0 saturated heterocycles. The molecule has 0 radical (unpaired) electrons. The molecule has 0 aliphatic carbocycles. The van der Waals surface area contributed by atoms with Crippen LogP contribution in [0.3, 0.4) is 0 Å². The molecule has 0 spiro atoms. The van der Waals surface area contributed by atoms with Crippen molar-refractivity contribution in [1.29, 1.82) is 0 Å². The van der Waals surface area contributed by atoms with Gasteiger partial charge in [0.05, 0.1) is 6.04 Å². The third-order valence-electron chi connectivity index (χ3n) is 2.02. The Hall–Kier alpha value is -1.06. The second-order valence-electron chi connectivity index (χ2n) is 3.24. The number of carbonyl (C=O) groups excluding carboxylic acids is 1. The molecule has 0 aliphatic rings. The van der Waals surface area contributed by atoms with E-state index in [1.54, 1.807) is 6.07 Å². The third kappa shape index (κ3) is 3.53. The van der Waals surface area contributed by atoms with Crippen LogP contribution in [0.4, 0.5) is 0 Å². The van der Waals surface area contributed by atoms with Crippen LogP contribution in [0.5, 0.6) is 0 Å². The number of hydrogen-bond donors (Lipinski definition) is 1. The van der Waals surface area contributed by atoms with E-state index in [0.717, 1.165) is 5.56 Å². The van der Waals surface area contributed by atoms with Gasteiger partial charge in [-0.1, -0.05) is 29.8 Å². The number of halogens is 1. The fourth-order valence-corrected chi connectivity index (χ4v) is 1.62. The van der Waals surface area contributed by atoms with Crippen molar-refractivity contribution in [3.63, 3.8) is 0 Å². The minimum atomic E-state index is -0.148. The van der Waals surface area contributed by atoms with Gasteiger partial charge >= 0.3 is 0 Å². The molecule has 3 nitrogen and oxygen atoms in total. The topological polar surface area (TPSA) is 38.3 Å². The summed E-state index contributed by atoms with van der Waals surface area (Å²) in [6.07, 6.45) is 0. The molecule has 1 amide bonds. The van der Waals surface area contributed by atoms with Crippen LogP contribution in [0.25, 0.3) is 0 Å². The highest BCUT2D eigenvalue weighted by Gasteiger charge is 2.11. The molecule has 1 rings (SSSR count). The van der Waals surface area contributed by atoms with Gasteiger partial charge < -0.3 is 10.1 Å². The second kappa shape index (κ2) is 5.73. The highest BCUT2D eigenvalue weighted by Crippen LogP contribution is 2.21. The summed E-state index contributed by atoms with van der Waals surface area (Å²) in [5, 5.41) is 3.44. The normalized spacial score (nSPS) is 12.2. The molecule has 0 unspecified atom stereocenters. The molecule has 4 heteroatoms. The fourth-order valence-electron chi connectivity index (χ4n) is 1.32. The predicted octanol–water partition coefficient (Wildman–Crippen LogP) is 2.16. The van der Waals surface area contributed by atoms with E-state index in [4.69, 9.17) is 16.3 Å². The number of nitrogens with one attached hydrogen (secondary N) is 1. The van der Waals surface area contributed by atoms with Gasteiger partial charge in [-0.05, 0) is 18.6 Å². The van der Waals surface area contributed by atoms with Crippen LogP contribution >= 0.6 is 11.6 Å². The first-order chi connectivity index (χ1) is 7.15. The Morgan fingerprint density at radius 3 is 2.80 bits per heavy atom. The summed E-state index contributed by atoms with van der Waals surface area (Å²) in [5.41, 5.74) is 0.906. The highest BCUT2D eigenvalue weighted by atomic mass is 35.5. The number of carbonyl (C=O) groups is 1. The van der Waals surface area contributed by atoms with E-state index in [0.29, 0.717) is 5.02 Å². The molecular formula is C11H14ClNO2. The molecule has 1 atom stereocenters. The molecule has 1 aromatic carbocycles. The summed E-state index contributed by atoms with van der Waals surface area (Å²) < 4.78 is 4.73. The number of ether oxygens (including phenoxy) is 1. The van der Waals surface area contributed by atoms with Gasteiger partial charge in [-0.2, -0.15) is 0 Å². The van der Waals surface area contributed by atoms with E-state index >= 15 is 0 Å². The average Bonchev–Trinajstić information content (AvgIpc) is 2.18. The van der Waals surface area contributed by atoms with Crippen LogP contribution < -0.4 is 5.32 Å². The molecule has 0 saturated carbocycles. The number of rotatable bonds is 4. The number of hydrogen-bond acceptors (Lipinski definition) is 2. The summed E-state index contributed by atoms with van der Waals surface area (Å²) in [4.78, 5) is 11.3. The summed E-state index contributed by atoms with van der Waals surface area (Å²) in [6, 6.07) is 7.33. The fraction of sp³-hybridized carbons (Fsp3) is 0.364. The minimum absolute atomic E-state index is 0.0643. The van der Waals surface area contributed by atoms with E-state index in [2.05, 4.69) is 5.32 Å². The number of amides is 1. The lowest BCUT2D eigenvalue weighted by Crippen LogP contribution is -2.29. The zero-order chi connectivity index (χ0) is 11.3. The largest absolute Gasteiger partial charge is 0.375 e. The zero-order valence-corrected chi connectivity index (χ0v) is 9.54. The molecular weight excluding hydrogens is 214 g/mol. The quantitative estimate of drug-likeness (QED) is 0.856. The Bertz CT molecular complexity index is 341. The first-order valence-corrected chi connectivity index (χ1v) is 5.05. The maximum Gasteiger partial charge on any atom is 0.246 e. The first-order valence-electron chi connectivity index (χ1n) is 4.68. The van der Waals surface area contributed by atoms with E-state index in [-0.39, 0.29) is 18.6 Å². The Labute approximate surface area is 94.4 Å². The van der Waals surface area contributed by atoms with Gasteiger partial charge in [0.1, 0.15) is 6.61 Å². The van der Waals surface area contributed by atoms with Crippen LogP contribution in [-0.2, 0) is 9.53 Å². The number of methoxy groups -OCH3 is 1. The van der Waals surface area contributed by atoms with E-state index in [9.17, 15) is 4.79 Å². The predicted molar refractivity (Wildman–Crippen MR) is 59.9 cm³/mol. The first kappa shape index (κ1) is 12.0. The molecule has 1 aromatic rings. The summed E-state index contributed by atoms with van der Waals surface area (Å²) in [6.45, 7) is 1.95. The van der Waals surface area contributed by atoms with Gasteiger partial charge in [-0.25, -0.2) is 0 Å². The van der Waals surface area contributed by atoms with Crippen LogP contribution in [0.15, 0.2) is 24.3 Å². The van der Waals surface area contributed by atoms with Gasteiger partial charge in [0.2, 0.25) is 5.91 Å². The monoisotopic (exact) mass is 227 g/mol. The molecule has 0 bridgehead atoms. The van der Waals surface area contributed by atoms with Crippen molar-refractivity contribution >= 4 is 17.5 Å². The van der Waals surface area contributed by atoms with Gasteiger partial charge in [0, 0.05) is 12.1 Å². The van der Waals surface area contributed by atoms with Crippen molar-refractivity contribution in [1.82, 2.24) is 5.32 Å². The Morgan fingerprint density at radius 1 is 1.53 bits per heavy atom. The van der Waals surface area contributed by atoms with E-state index in [1.807, 2.05) is 25.1 Å². The van der Waals surface area contributed by atoms with Gasteiger partial charge in [0.25, 0.3) is 0 Å². The van der Waals surface area contributed by atoms with Gasteiger partial charge in [-0.15, -0.1) is 0 Å². The smallest absolute Gasteiger partial charge is 0.246 e. The maximum absolute atomic E-state index is 11.3. The Kier molecular flexibility index (Phi) is 4.59. The van der Waals surface area contributed by atoms with Crippen molar-refractivity contribution in [2.24, 2.45) is 0 Å². The lowest BCUT2D eigenvalue weighted by molar-refractivity contribution is -0.125. The zero-order valence-electron chi connectivity index (χ0n) is 8.79. The van der Waals surface area contributed by atoms with Crippen LogP contribution in [0.2, 0.25) is 5.02 Å². The molecule has 0 aliphatic heterocycles. The van der Waals surface area contributed by atoms with Gasteiger partial charge in [-0.3, -0.25) is 4.79 Å². The Morgan fingerprint density at radius 2 is 2.20 bits per heavy atom. The molecule has 0 heterocycles. The molecule has 82 valence electrons. The van der Waals surface area contributed by atoms with Crippen LogP contribution in [-0.4, -0.2) is 19.6 Å². The summed E-state index contributed by atoms with van der Waals surface area (Å²) in [7, 11) is 1.49. The highest BCUT2D eigenvalue weighted by molar-refractivity contribution is 6.31. The SMILES string of the molecule is COCC(=O)N[C@H](C)c1ccccc1Cl. The minimum Gasteiger partial charge on any atom is -0.375 e. The second-order valence-corrected chi connectivity index (χ2v) is 3.65. The molecule has 15 heavy (non-hydrogen) atoms. The molecule has 1 N–H and O–H groups in total. The van der Waals surface area contributed by atoms with Crippen LogP contribution in [0, 0.1) is 0 Å². The average molecular weight is 228 g/mol. The van der Waals surface area contributed by atoms with Crippen molar-refractivity contribution in [3.8, 4) is 0 Å². The third-order valence-corrected chi connectivity index (χ3v) is 2.37. The molecule has 0 aromatic heterocycles. The lowest BCUT2D eigenvalue weighted by Gasteiger charge is -2.15. The number of benzene rings is 1. The van der Waals surface area contributed by atoms with Crippen molar-refractivity contribution in [3.05, 3.63) is 34.9 Å². The van der Waals surface area contributed by atoms with Crippen LogP contribution in [0.1, 0.15) is 18.5 Å². The maximum atomic E-state index is 11.3. The molecule has 0 fully saturated rings. The lowest BCUT2D eigenvalue weighted by atomic mass is 10.1. The van der Waals surface area contributed by atoms with Crippen molar-refractivity contribution < 1.29 is 9.53 Å². The van der Waals surface area contributed by atoms with Gasteiger partial charge in [0.15, 0.2) is 0 Å². The van der Waals surface area contributed by atoms with Crippen molar-refractivity contribution in [2.75, 3.05) is 13.7 Å². The standard InChI is InChI=1S/C11H14ClNO2/c1-8(13-11(14)7-15-2)9-5-3-4-6-10(9)12/h3-6,8H,7H2,1-2H3,(H,13,14)/t8-/m1/s1. The summed E-state index contributed by atoms with van der Waals surface area (Å²) >= 11 is 6.00. The Balaban J connectivity index is 2.65. The van der Waals surface area contributed by atoms with Crippen molar-refractivity contribution in [2.45, 2.75) is 13.0 Å². The summed E-state index contributed by atoms with van der Waals surface area (Å²) in [5.74, 6) is -0.148. The van der Waals surface area contributed by atoms with E-state index in [1.165, 1.54) is 7.11 Å². The van der Waals surface area contributed by atoms with E-state index < -0.39 is 0 Å².